The minimum atomic E-state index is -1.00. The third-order valence-corrected chi connectivity index (χ3v) is 16.2. The molecule has 100 heavy (non-hydrogen) atoms. The highest BCUT2D eigenvalue weighted by molar-refractivity contribution is 6.63. The van der Waals surface area contributed by atoms with Gasteiger partial charge in [-0.05, 0) is 107 Å². The predicted octanol–water partition coefficient (Wildman–Crippen LogP) is 0.861. The van der Waals surface area contributed by atoms with Gasteiger partial charge in [0.1, 0.15) is 24.5 Å². The predicted molar refractivity (Wildman–Crippen MR) is 378 cm³/mol. The van der Waals surface area contributed by atoms with Crippen LogP contribution in [0.15, 0.2) is 125 Å². The summed E-state index contributed by atoms with van der Waals surface area (Å²) < 4.78 is 23.2. The number of Topliss-reactive ketones (excluding diaryl/α,β-unsaturated/α-hetero) is 1. The van der Waals surface area contributed by atoms with Crippen molar-refractivity contribution < 1.29 is 122 Å². The third kappa shape index (κ3) is 34.0. The Labute approximate surface area is 609 Å². The van der Waals surface area contributed by atoms with Gasteiger partial charge in [-0.2, -0.15) is 0 Å². The molecule has 24 nitrogen and oxygen atoms in total. The summed E-state index contributed by atoms with van der Waals surface area (Å²) in [5.74, 6) is -4.52. The normalized spacial score (nSPS) is 27.2. The number of rotatable bonds is 14. The molecule has 0 radical (unpaired) electrons. The fourth-order valence-corrected chi connectivity index (χ4v) is 11.5. The van der Waals surface area contributed by atoms with Crippen molar-refractivity contribution in [3.05, 3.63) is 131 Å². The first-order valence-corrected chi connectivity index (χ1v) is 33.0. The van der Waals surface area contributed by atoms with E-state index in [0.717, 1.165) is 0 Å². The summed E-state index contributed by atoms with van der Waals surface area (Å²) in [5.41, 5.74) is 14.5. The molecule has 0 aromatic heterocycles. The second-order valence-corrected chi connectivity index (χ2v) is 28.0. The Kier molecular flexibility index (Phi) is 43.2. The van der Waals surface area contributed by atoms with E-state index in [2.05, 4.69) is 23.8 Å². The molecule has 0 saturated carbocycles. The molecule has 0 fully saturated rings. The maximum Gasteiger partial charge on any atom is 0.405 e. The number of hydrogen-bond donors (Lipinski definition) is 9. The first kappa shape index (κ1) is 94.8. The number of allylic oxidation sites excluding steroid dienone is 8. The molecule has 1 aromatic rings. The van der Waals surface area contributed by atoms with E-state index >= 15 is 0 Å². The van der Waals surface area contributed by atoms with Crippen molar-refractivity contribution in [2.75, 3.05) is 81.5 Å². The lowest BCUT2D eigenvalue weighted by Gasteiger charge is -2.29. The number of nitrogens with zero attached hydrogens (tertiary/aromatic N) is 2. The summed E-state index contributed by atoms with van der Waals surface area (Å²) in [7, 11) is 14.2. The minimum Gasteiger partial charge on any atom is -1.00 e. The molecule has 1 aromatic carbocycles. The Morgan fingerprint density at radius 3 is 1.51 bits per heavy atom. The quantitative estimate of drug-likeness (QED) is 0.0237. The van der Waals surface area contributed by atoms with Crippen LogP contribution in [0.2, 0.25) is 0 Å². The van der Waals surface area contributed by atoms with E-state index in [9.17, 15) is 63.9 Å². The highest BCUT2D eigenvalue weighted by atomic mass is 35.5. The van der Waals surface area contributed by atoms with Gasteiger partial charge in [0.15, 0.2) is 23.8 Å². The van der Waals surface area contributed by atoms with Gasteiger partial charge in [0, 0.05) is 72.3 Å². The van der Waals surface area contributed by atoms with Crippen molar-refractivity contribution in [3.8, 4) is 11.5 Å². The molecule has 12 N–H and O–H groups in total. The molecule has 27 heteroatoms. The topological polar surface area (TPSA) is 370 Å². The molecule has 4 amide bonds. The van der Waals surface area contributed by atoms with Crippen LogP contribution in [-0.4, -0.2) is 189 Å². The van der Waals surface area contributed by atoms with Crippen LogP contribution in [0.3, 0.4) is 0 Å². The number of aliphatic hydroxyl groups excluding tert-OH is 2. The van der Waals surface area contributed by atoms with Gasteiger partial charge in [0.25, 0.3) is 17.1 Å². The van der Waals surface area contributed by atoms with E-state index in [1.807, 2.05) is 81.8 Å². The molecule has 12 atom stereocenters. The molecule has 2 heterocycles. The number of amides is 4. The van der Waals surface area contributed by atoms with Crippen molar-refractivity contribution in [3.63, 3.8) is 0 Å². The van der Waals surface area contributed by atoms with Crippen LogP contribution < -0.4 is 57.3 Å². The number of halogens is 3. The number of aromatic hydroxyl groups is 2. The Morgan fingerprint density at radius 2 is 1.14 bits per heavy atom. The van der Waals surface area contributed by atoms with Crippen LogP contribution in [0.5, 0.6) is 11.5 Å². The zero-order valence-electron chi connectivity index (χ0n) is 61.5. The summed E-state index contributed by atoms with van der Waals surface area (Å²) in [6.07, 6.45) is 14.5. The van der Waals surface area contributed by atoms with Gasteiger partial charge < -0.3 is 110 Å². The monoisotopic (exact) mass is 1460 g/mol. The first-order valence-electron chi connectivity index (χ1n) is 32.6. The lowest BCUT2D eigenvalue weighted by atomic mass is 9.82. The standard InChI is InChI=1S/C32H44N2O7.C31H45N3O7.C5H11ClNO.C5H11NO2.2ClH/c1-8-9-13-23-24-14-18(2)15-27(40-7)28(36)21(5)16-22(6)30(41-32(33)39)19(3)11-10-12-20(4)31(38)34-25(29(24)37)17-26(23)35;1-8-12-33-26-22-13-17(2)14-25(40-7)27(36)20(5)15-21(6)29(41-31(32)39)18(3)10-9-11-19(4)30(38)34-23(28(22)37)16-24(26)35;1-7(2,3)4-5(6)8;1-6(2,3)4-5(7)8;;/h8,10-12,16-19,21,27-28,30,36H,1,9,13-15H2,2-7H3,(H2,33,39)(H,34,38);8-11,15-18,20,25,27,29,33,35-37H,1,12-14H2,2-7H3,(H2,32,39)(H,34,38);2*4H2,1-3H3;2*1H/q;;+1;;;/p-1/b11-10-,20-12+,22-16+;10-9-,19-11+,21-15+;;;;/t18-,19+,21+,27+,28-,30-;17-,18+,20+,25+,27-,29-;;;;/m11..../s1. The van der Waals surface area contributed by atoms with E-state index in [1.165, 1.54) is 26.4 Å². The number of benzene rings is 1. The molecule has 1 aliphatic carbocycles. The number of hydrogen-bond acceptors (Lipinski definition) is 17. The zero-order valence-corrected chi connectivity index (χ0v) is 63.8. The number of likely N-dealkylation sites (N-methyl/N-ethyl adjacent to an activating group) is 2. The number of fused-ring (bicyclic) bond motifs is 4. The number of carboxylic acids is 1. The van der Waals surface area contributed by atoms with E-state index in [4.69, 9.17) is 42.0 Å². The van der Waals surface area contributed by atoms with E-state index in [0.29, 0.717) is 98.8 Å². The number of anilines is 1. The van der Waals surface area contributed by atoms with Gasteiger partial charge >= 0.3 is 12.2 Å². The van der Waals surface area contributed by atoms with Gasteiger partial charge in [-0.15, -0.1) is 6.58 Å². The Balaban J connectivity index is 0. The molecule has 4 bridgehead atoms. The number of quaternary nitrogens is 3. The summed E-state index contributed by atoms with van der Waals surface area (Å²) >= 11 is 5.11. The van der Waals surface area contributed by atoms with Crippen molar-refractivity contribution in [2.45, 2.75) is 144 Å². The molecule has 0 spiro atoms. The number of carboxylic acid groups (broad SMARTS) is 1. The number of nitrogens with one attached hydrogen (secondary N) is 2. The fourth-order valence-electron chi connectivity index (χ4n) is 11.1. The number of methoxy groups -OCH3 is 2. The molecule has 4 rings (SSSR count). The Bertz CT molecular complexity index is 3210. The van der Waals surface area contributed by atoms with Crippen LogP contribution in [0.4, 0.5) is 21.0 Å². The number of primary amides is 2. The largest absolute Gasteiger partial charge is 1.00 e. The van der Waals surface area contributed by atoms with Crippen molar-refractivity contribution in [2.24, 2.45) is 47.0 Å². The first-order chi connectivity index (χ1) is 45.4. The number of phenolic OH excluding ortho intramolecular Hbond substituents is 2. The maximum atomic E-state index is 13.6. The number of phenols is 2. The SMILES string of the molecule is C=CCCC1=C2C[C@@H](C)C[C@H](OC)[C@H](O)[C@@H](C)/C=C(\C)[C@H](OC(N)=O)[C@@H](C)/C=C\C=C(/C)C(=O)NC(=CC1=O)C2=O.C=CC[NH2+]c1c(O)cc2c(O)c1C[C@@H](C)C[C@H](OC)[C@H](O)[C@@H](C)/C=C(\C)[C@H](OC(N)=O)[C@@H](C)/C=C\C=C(/C)C(=O)N2.C[N+](C)(C)CC(=O)Cl.C[N+](C)(C)CC(=O)[O-].[Cl-].[Cl-]. The second-order valence-electron chi connectivity index (χ2n) is 27.5. The average Bonchev–Trinajstić information content (AvgIpc) is 0.850. The van der Waals surface area contributed by atoms with Gasteiger partial charge in [-0.1, -0.05) is 103 Å². The number of nitrogens with two attached hydrogens (primary N) is 3. The lowest BCUT2D eigenvalue weighted by Crippen LogP contribution is -3.00. The lowest BCUT2D eigenvalue weighted by molar-refractivity contribution is -0.864. The number of aliphatic hydroxyl groups is 2. The van der Waals surface area contributed by atoms with Crippen LogP contribution in [0.1, 0.15) is 107 Å². The summed E-state index contributed by atoms with van der Waals surface area (Å²) in [5, 5.41) is 61.2. The van der Waals surface area contributed by atoms with E-state index < -0.39 is 72.4 Å². The summed E-state index contributed by atoms with van der Waals surface area (Å²) in [6, 6.07) is 1.33. The summed E-state index contributed by atoms with van der Waals surface area (Å²) in [4.78, 5) is 96.0. The van der Waals surface area contributed by atoms with Gasteiger partial charge in [0.2, 0.25) is 5.78 Å². The van der Waals surface area contributed by atoms with Crippen LogP contribution in [0.25, 0.3) is 0 Å². The molecule has 0 saturated heterocycles. The average molecular weight is 1470 g/mol. The Morgan fingerprint density at radius 1 is 0.700 bits per heavy atom. The van der Waals surface area contributed by atoms with Gasteiger partial charge in [-0.3, -0.25) is 24.0 Å². The number of ether oxygens (including phenoxy) is 4. The van der Waals surface area contributed by atoms with Gasteiger partial charge in [0.05, 0.1) is 96.2 Å². The number of carbonyl (C=O) groups excluding carboxylic acids is 8. The Hall–Kier alpha value is -7.23. The fraction of sp³-hybridized carbons (Fsp3) is 0.534. The molecule has 0 unspecified atom stereocenters. The zero-order chi connectivity index (χ0) is 75.3. The smallest absolute Gasteiger partial charge is 0.405 e. The van der Waals surface area contributed by atoms with Crippen LogP contribution in [-0.2, 0) is 54.1 Å². The van der Waals surface area contributed by atoms with Crippen molar-refractivity contribution in [1.29, 1.82) is 0 Å². The minimum absolute atomic E-state index is 0. The van der Waals surface area contributed by atoms with Gasteiger partial charge in [-0.25, -0.2) is 9.59 Å². The number of ketones is 2. The number of carbonyl (C=O) groups is 8. The molecule has 2 aliphatic heterocycles. The highest BCUT2D eigenvalue weighted by Crippen LogP contribution is 2.41. The third-order valence-electron chi connectivity index (χ3n) is 16.1. The molecular weight excluding hydrogens is 1350 g/mol. The second kappa shape index (κ2) is 45.6. The van der Waals surface area contributed by atoms with Crippen LogP contribution >= 0.6 is 11.6 Å². The van der Waals surface area contributed by atoms with Crippen molar-refractivity contribution in [1.82, 2.24) is 5.32 Å². The number of aliphatic carboxylic acids is 1. The highest BCUT2D eigenvalue weighted by Gasteiger charge is 2.35. The molecular formula is C73H112Cl3N7O17. The van der Waals surface area contributed by atoms with Crippen molar-refractivity contribution >= 4 is 69.8 Å². The maximum absolute atomic E-state index is 13.6. The molecule has 3 aliphatic rings. The van der Waals surface area contributed by atoms with E-state index in [-0.39, 0.29) is 107 Å². The summed E-state index contributed by atoms with van der Waals surface area (Å²) in [6.45, 7) is 26.5. The van der Waals surface area contributed by atoms with Crippen LogP contribution in [0, 0.1) is 35.5 Å². The molecule has 562 valence electrons. The van der Waals surface area contributed by atoms with E-state index in [1.54, 1.807) is 95.8 Å².